The van der Waals surface area contributed by atoms with Crippen LogP contribution in [0, 0.1) is 11.7 Å². The van der Waals surface area contributed by atoms with Crippen LogP contribution in [0.4, 0.5) is 4.39 Å². The van der Waals surface area contributed by atoms with Crippen molar-refractivity contribution in [1.29, 1.82) is 0 Å². The molecule has 1 amide bonds. The minimum atomic E-state index is -0.834. The average molecular weight is 527 g/mol. The summed E-state index contributed by atoms with van der Waals surface area (Å²) in [7, 11) is 0. The zero-order valence-corrected chi connectivity index (χ0v) is 22.1. The van der Waals surface area contributed by atoms with Crippen molar-refractivity contribution in [3.63, 3.8) is 0 Å². The summed E-state index contributed by atoms with van der Waals surface area (Å²) in [5.41, 5.74) is 2.17. The van der Waals surface area contributed by atoms with Gasteiger partial charge < -0.3 is 15.3 Å². The van der Waals surface area contributed by atoms with Crippen molar-refractivity contribution in [2.24, 2.45) is 5.92 Å². The normalized spacial score (nSPS) is 18.3. The number of carboxylic acids is 1. The summed E-state index contributed by atoms with van der Waals surface area (Å²) in [5, 5.41) is 15.0. The van der Waals surface area contributed by atoms with E-state index in [1.165, 1.54) is 22.4 Å². The van der Waals surface area contributed by atoms with Gasteiger partial charge in [-0.2, -0.15) is 0 Å². The number of unbranched alkanes of at least 4 members (excludes halogenated alkanes) is 1. The molecule has 5 nitrogen and oxygen atoms in total. The summed E-state index contributed by atoms with van der Waals surface area (Å²) in [6.07, 6.45) is 2.34. The van der Waals surface area contributed by atoms with E-state index in [2.05, 4.69) is 54.7 Å². The molecule has 2 unspecified atom stereocenters. The first-order chi connectivity index (χ1) is 17.4. The predicted octanol–water partition coefficient (Wildman–Crippen LogP) is 6.33. The van der Waals surface area contributed by atoms with Crippen molar-refractivity contribution >= 4 is 35.1 Å². The number of fused-ring (bicyclic) bond motifs is 1. The number of amides is 1. The highest BCUT2D eigenvalue weighted by molar-refractivity contribution is 5.86. The Kier molecular flexibility index (Phi) is 10.5. The van der Waals surface area contributed by atoms with Crippen LogP contribution < -0.4 is 5.32 Å². The molecule has 0 radical (unpaired) electrons. The topological polar surface area (TPSA) is 69.6 Å². The summed E-state index contributed by atoms with van der Waals surface area (Å²) in [4.78, 5) is 25.5. The third-order valence-corrected chi connectivity index (χ3v) is 7.39. The average Bonchev–Trinajstić information content (AvgIpc) is 2.89. The number of piperidine rings is 1. The lowest BCUT2D eigenvalue weighted by molar-refractivity contribution is -0.138. The van der Waals surface area contributed by atoms with Crippen LogP contribution in [-0.2, 0) is 9.59 Å². The van der Waals surface area contributed by atoms with E-state index >= 15 is 0 Å². The summed E-state index contributed by atoms with van der Waals surface area (Å²) in [5.74, 6) is -0.748. The van der Waals surface area contributed by atoms with Crippen LogP contribution in [0.1, 0.15) is 62.1 Å². The zero-order valence-electron chi connectivity index (χ0n) is 21.2. The number of hydrogen-bond acceptors (Lipinski definition) is 3. The van der Waals surface area contributed by atoms with E-state index in [0.29, 0.717) is 32.4 Å². The monoisotopic (exact) mass is 526 g/mol. The van der Waals surface area contributed by atoms with Crippen molar-refractivity contribution < 1.29 is 19.1 Å². The molecule has 0 spiro atoms. The minimum absolute atomic E-state index is 0. The first-order valence-corrected chi connectivity index (χ1v) is 12.9. The first-order valence-electron chi connectivity index (χ1n) is 12.9. The number of benzene rings is 3. The van der Waals surface area contributed by atoms with E-state index in [9.17, 15) is 14.0 Å². The third kappa shape index (κ3) is 7.53. The lowest BCUT2D eigenvalue weighted by Crippen LogP contribution is -2.45. The van der Waals surface area contributed by atoms with Crippen LogP contribution in [0.3, 0.4) is 0 Å². The summed E-state index contributed by atoms with van der Waals surface area (Å²) in [6, 6.07) is 21.6. The fourth-order valence-electron chi connectivity index (χ4n) is 5.36. The van der Waals surface area contributed by atoms with Crippen molar-refractivity contribution in [3.05, 3.63) is 83.7 Å². The molecule has 1 heterocycles. The number of rotatable bonds is 10. The largest absolute Gasteiger partial charge is 0.481 e. The number of carbonyl (C=O) groups excluding carboxylic acids is 1. The van der Waals surface area contributed by atoms with Crippen molar-refractivity contribution in [2.75, 3.05) is 19.6 Å². The van der Waals surface area contributed by atoms with Gasteiger partial charge in [0.05, 0.1) is 0 Å². The molecule has 4 rings (SSSR count). The molecule has 1 aliphatic rings. The molecule has 2 N–H and O–H groups in total. The second kappa shape index (κ2) is 13.5. The summed E-state index contributed by atoms with van der Waals surface area (Å²) < 4.78 is 14.1. The second-order valence-electron chi connectivity index (χ2n) is 9.85. The number of likely N-dealkylation sites (tertiary alicyclic amines) is 1. The van der Waals surface area contributed by atoms with Crippen LogP contribution in [0.2, 0.25) is 0 Å². The van der Waals surface area contributed by atoms with Crippen LogP contribution in [0.5, 0.6) is 0 Å². The van der Waals surface area contributed by atoms with Gasteiger partial charge in [0.2, 0.25) is 5.91 Å². The quantitative estimate of drug-likeness (QED) is 0.303. The number of nitrogens with one attached hydrogen (secondary N) is 1. The molecule has 1 saturated heterocycles. The maximum atomic E-state index is 14.1. The first kappa shape index (κ1) is 28.6. The Hall–Kier alpha value is -2.96. The van der Waals surface area contributed by atoms with Gasteiger partial charge in [0.25, 0.3) is 0 Å². The number of hydrogen-bond donors (Lipinski definition) is 2. The summed E-state index contributed by atoms with van der Waals surface area (Å²) in [6.45, 7) is 4.16. The SMILES string of the molecule is C[C@@H](NCC1CCN(C(=O)CCCCC(=O)O)CC1c1cccc(F)c1)c1cccc2ccccc12.Cl. The van der Waals surface area contributed by atoms with Crippen LogP contribution in [0.15, 0.2) is 66.7 Å². The molecular formula is C30H36ClFN2O3. The highest BCUT2D eigenvalue weighted by Crippen LogP contribution is 2.34. The molecule has 1 fully saturated rings. The fourth-order valence-corrected chi connectivity index (χ4v) is 5.36. The number of carboxylic acid groups (broad SMARTS) is 1. The Balaban J connectivity index is 0.00000380. The Labute approximate surface area is 224 Å². The molecular weight excluding hydrogens is 491 g/mol. The molecule has 3 aromatic carbocycles. The Morgan fingerprint density at radius 1 is 1.05 bits per heavy atom. The number of aliphatic carboxylic acids is 1. The second-order valence-corrected chi connectivity index (χ2v) is 9.85. The molecule has 0 aromatic heterocycles. The van der Waals surface area contributed by atoms with Crippen LogP contribution in [0.25, 0.3) is 10.8 Å². The fraction of sp³-hybridized carbons (Fsp3) is 0.400. The van der Waals surface area contributed by atoms with E-state index < -0.39 is 5.97 Å². The standard InChI is InChI=1S/C30H35FN2O3.ClH/c1-21(26-13-7-9-22-8-2-3-12-27(22)26)32-19-24-16-17-33(29(34)14-4-5-15-30(35)36)20-28(24)23-10-6-11-25(31)18-23;/h2-3,6-13,18,21,24,28,32H,4-5,14-17,19-20H2,1H3,(H,35,36);1H/t21-,24?,28?;/m1./s1. The van der Waals surface area contributed by atoms with Crippen LogP contribution >= 0.6 is 12.4 Å². The molecule has 0 aliphatic carbocycles. The van der Waals surface area contributed by atoms with Gasteiger partial charge in [0.1, 0.15) is 5.82 Å². The van der Waals surface area contributed by atoms with Gasteiger partial charge >= 0.3 is 5.97 Å². The number of carbonyl (C=O) groups is 2. The van der Waals surface area contributed by atoms with Gasteiger partial charge in [-0.3, -0.25) is 9.59 Å². The van der Waals surface area contributed by atoms with Gasteiger partial charge in [-0.15, -0.1) is 12.4 Å². The van der Waals surface area contributed by atoms with E-state index in [1.54, 1.807) is 12.1 Å². The van der Waals surface area contributed by atoms with E-state index in [0.717, 1.165) is 18.5 Å². The highest BCUT2D eigenvalue weighted by atomic mass is 35.5. The number of nitrogens with zero attached hydrogens (tertiary/aromatic N) is 1. The van der Waals surface area contributed by atoms with Gasteiger partial charge in [-0.25, -0.2) is 4.39 Å². The molecule has 0 bridgehead atoms. The molecule has 3 atom stereocenters. The molecule has 3 aromatic rings. The lowest BCUT2D eigenvalue weighted by atomic mass is 9.80. The Morgan fingerprint density at radius 3 is 2.57 bits per heavy atom. The Morgan fingerprint density at radius 2 is 1.78 bits per heavy atom. The van der Waals surface area contributed by atoms with E-state index in [-0.39, 0.29) is 48.4 Å². The van der Waals surface area contributed by atoms with Crippen LogP contribution in [-0.4, -0.2) is 41.5 Å². The highest BCUT2D eigenvalue weighted by Gasteiger charge is 2.32. The molecule has 0 saturated carbocycles. The van der Waals surface area contributed by atoms with E-state index in [1.807, 2.05) is 11.0 Å². The van der Waals surface area contributed by atoms with Crippen molar-refractivity contribution in [1.82, 2.24) is 10.2 Å². The molecule has 37 heavy (non-hydrogen) atoms. The van der Waals surface area contributed by atoms with Gasteiger partial charge in [0, 0.05) is 37.9 Å². The molecule has 1 aliphatic heterocycles. The maximum Gasteiger partial charge on any atom is 0.303 e. The number of halogens is 2. The van der Waals surface area contributed by atoms with Gasteiger partial charge in [-0.05, 0) is 72.7 Å². The minimum Gasteiger partial charge on any atom is -0.481 e. The van der Waals surface area contributed by atoms with Crippen molar-refractivity contribution in [3.8, 4) is 0 Å². The van der Waals surface area contributed by atoms with Gasteiger partial charge in [-0.1, -0.05) is 54.6 Å². The van der Waals surface area contributed by atoms with Crippen molar-refractivity contribution in [2.45, 2.75) is 51.0 Å². The van der Waals surface area contributed by atoms with Gasteiger partial charge in [0.15, 0.2) is 0 Å². The lowest BCUT2D eigenvalue weighted by Gasteiger charge is -2.39. The Bertz CT molecular complexity index is 1200. The smallest absolute Gasteiger partial charge is 0.303 e. The zero-order chi connectivity index (χ0) is 25.5. The molecule has 7 heteroatoms. The summed E-state index contributed by atoms with van der Waals surface area (Å²) >= 11 is 0. The predicted molar refractivity (Wildman–Crippen MR) is 148 cm³/mol. The molecule has 198 valence electrons. The maximum absolute atomic E-state index is 14.1. The third-order valence-electron chi connectivity index (χ3n) is 7.39. The van der Waals surface area contributed by atoms with E-state index in [4.69, 9.17) is 5.11 Å².